The van der Waals surface area contributed by atoms with Gasteiger partial charge in [0.1, 0.15) is 6.04 Å². The second kappa shape index (κ2) is 7.08. The van der Waals surface area contributed by atoms with Crippen LogP contribution in [0, 0.1) is 0 Å². The summed E-state index contributed by atoms with van der Waals surface area (Å²) in [5.74, 6) is 1.29. The van der Waals surface area contributed by atoms with Gasteiger partial charge in [-0.15, -0.1) is 0 Å². The first kappa shape index (κ1) is 15.9. The molecule has 4 rings (SSSR count). The lowest BCUT2D eigenvalue weighted by Gasteiger charge is -2.13. The number of hydrazine groups is 1. The number of rotatable bonds is 3. The van der Waals surface area contributed by atoms with Crippen LogP contribution in [-0.2, 0) is 4.79 Å². The molecule has 2 atom stereocenters. The summed E-state index contributed by atoms with van der Waals surface area (Å²) in [6.45, 7) is 1.26. The Kier molecular flexibility index (Phi) is 4.49. The van der Waals surface area contributed by atoms with Crippen LogP contribution in [0.2, 0.25) is 0 Å². The van der Waals surface area contributed by atoms with Crippen molar-refractivity contribution in [2.45, 2.75) is 24.9 Å². The van der Waals surface area contributed by atoms with Gasteiger partial charge in [0.25, 0.3) is 0 Å². The lowest BCUT2D eigenvalue weighted by molar-refractivity contribution is -0.117. The minimum Gasteiger partial charge on any atom is -0.490 e. The van der Waals surface area contributed by atoms with E-state index >= 15 is 0 Å². The van der Waals surface area contributed by atoms with Crippen LogP contribution < -0.4 is 25.6 Å². The fourth-order valence-corrected chi connectivity index (χ4v) is 3.00. The van der Waals surface area contributed by atoms with Gasteiger partial charge in [0, 0.05) is 36.6 Å². The van der Waals surface area contributed by atoms with E-state index in [1.807, 2.05) is 30.5 Å². The normalized spacial score (nSPS) is 22.2. The number of hydrogen-bond donors (Lipinski definition) is 3. The maximum absolute atomic E-state index is 12.5. The number of hydrogen-bond acceptors (Lipinski definition) is 6. The van der Waals surface area contributed by atoms with Crippen molar-refractivity contribution in [3.63, 3.8) is 0 Å². The first-order valence-corrected chi connectivity index (χ1v) is 8.41. The van der Waals surface area contributed by atoms with E-state index in [0.717, 1.165) is 12.0 Å². The minimum absolute atomic E-state index is 0.0632. The van der Waals surface area contributed by atoms with Crippen LogP contribution >= 0.6 is 0 Å². The highest BCUT2D eigenvalue weighted by atomic mass is 16.5. The van der Waals surface area contributed by atoms with Gasteiger partial charge in [-0.1, -0.05) is 6.07 Å². The highest BCUT2D eigenvalue weighted by Gasteiger charge is 2.30. The highest BCUT2D eigenvalue weighted by Crippen LogP contribution is 2.32. The maximum Gasteiger partial charge on any atom is 0.242 e. The van der Waals surface area contributed by atoms with Gasteiger partial charge in [-0.3, -0.25) is 9.78 Å². The van der Waals surface area contributed by atoms with Gasteiger partial charge < -0.3 is 14.8 Å². The molecule has 3 heterocycles. The van der Waals surface area contributed by atoms with E-state index in [-0.39, 0.29) is 18.0 Å². The molecule has 7 nitrogen and oxygen atoms in total. The molecule has 1 fully saturated rings. The highest BCUT2D eigenvalue weighted by molar-refractivity contribution is 5.95. The molecule has 1 amide bonds. The number of carbonyl (C=O) groups is 1. The second-order valence-corrected chi connectivity index (χ2v) is 6.12. The number of nitrogens with zero attached hydrogens (tertiary/aromatic N) is 1. The number of amides is 1. The fourth-order valence-electron chi connectivity index (χ4n) is 3.00. The van der Waals surface area contributed by atoms with Crippen molar-refractivity contribution in [2.75, 3.05) is 18.5 Å². The van der Waals surface area contributed by atoms with Crippen molar-refractivity contribution in [1.29, 1.82) is 0 Å². The molecular weight excluding hydrogens is 320 g/mol. The molecule has 2 unspecified atom stereocenters. The van der Waals surface area contributed by atoms with Crippen molar-refractivity contribution >= 4 is 11.6 Å². The third-order valence-electron chi connectivity index (χ3n) is 4.32. The minimum atomic E-state index is -0.318. The molecule has 0 radical (unpaired) electrons. The summed E-state index contributed by atoms with van der Waals surface area (Å²) in [7, 11) is 0. The van der Waals surface area contributed by atoms with Crippen LogP contribution in [0.15, 0.2) is 42.7 Å². The molecule has 1 saturated heterocycles. The van der Waals surface area contributed by atoms with E-state index in [9.17, 15) is 4.79 Å². The molecule has 2 aliphatic rings. The molecular formula is C18H20N4O3. The van der Waals surface area contributed by atoms with Gasteiger partial charge in [-0.25, -0.2) is 10.9 Å². The van der Waals surface area contributed by atoms with Gasteiger partial charge >= 0.3 is 0 Å². The zero-order valence-corrected chi connectivity index (χ0v) is 13.7. The van der Waals surface area contributed by atoms with Gasteiger partial charge in [-0.2, -0.15) is 0 Å². The Morgan fingerprint density at radius 3 is 2.88 bits per heavy atom. The van der Waals surface area contributed by atoms with Gasteiger partial charge in [-0.05, 0) is 30.2 Å². The molecule has 0 saturated carbocycles. The predicted molar refractivity (Wildman–Crippen MR) is 92.3 cm³/mol. The molecule has 2 aliphatic heterocycles. The lowest BCUT2D eigenvalue weighted by Crippen LogP contribution is -2.39. The average Bonchev–Trinajstić information content (AvgIpc) is 3.03. The van der Waals surface area contributed by atoms with Crippen molar-refractivity contribution in [3.05, 3.63) is 48.3 Å². The largest absolute Gasteiger partial charge is 0.490 e. The van der Waals surface area contributed by atoms with Crippen molar-refractivity contribution in [3.8, 4) is 11.5 Å². The third-order valence-corrected chi connectivity index (χ3v) is 4.32. The van der Waals surface area contributed by atoms with E-state index in [4.69, 9.17) is 9.47 Å². The topological polar surface area (TPSA) is 84.5 Å². The van der Waals surface area contributed by atoms with E-state index in [1.165, 1.54) is 0 Å². The van der Waals surface area contributed by atoms with Gasteiger partial charge in [0.05, 0.1) is 13.2 Å². The van der Waals surface area contributed by atoms with Gasteiger partial charge in [0.15, 0.2) is 11.5 Å². The number of carbonyl (C=O) groups excluding carboxylic acids is 1. The van der Waals surface area contributed by atoms with E-state index in [2.05, 4.69) is 21.2 Å². The Labute approximate surface area is 145 Å². The number of benzene rings is 1. The van der Waals surface area contributed by atoms with Crippen LogP contribution in [0.25, 0.3) is 0 Å². The molecule has 7 heteroatoms. The molecule has 0 spiro atoms. The summed E-state index contributed by atoms with van der Waals surface area (Å²) in [4.78, 5) is 16.6. The summed E-state index contributed by atoms with van der Waals surface area (Å²) < 4.78 is 11.3. The summed E-state index contributed by atoms with van der Waals surface area (Å²) in [5.41, 5.74) is 7.96. The summed E-state index contributed by atoms with van der Waals surface area (Å²) >= 11 is 0. The molecule has 1 aromatic heterocycles. The van der Waals surface area contributed by atoms with E-state index in [1.54, 1.807) is 12.3 Å². The van der Waals surface area contributed by atoms with Crippen molar-refractivity contribution < 1.29 is 14.3 Å². The Morgan fingerprint density at radius 2 is 2.04 bits per heavy atom. The molecule has 0 bridgehead atoms. The van der Waals surface area contributed by atoms with Gasteiger partial charge in [0.2, 0.25) is 5.91 Å². The molecule has 3 N–H and O–H groups in total. The van der Waals surface area contributed by atoms with Crippen LogP contribution in [0.3, 0.4) is 0 Å². The summed E-state index contributed by atoms with van der Waals surface area (Å²) in [6.07, 6.45) is 5.05. The smallest absolute Gasteiger partial charge is 0.242 e. The molecule has 25 heavy (non-hydrogen) atoms. The SMILES string of the molecule is O=C(Nc1ccc2c(c1)OCCCO2)C1CC(c2cccnc2)NN1. The Bertz CT molecular complexity index is 753. The number of ether oxygens (including phenoxy) is 2. The Hall–Kier alpha value is -2.64. The summed E-state index contributed by atoms with van der Waals surface area (Å²) in [6, 6.07) is 9.09. The quantitative estimate of drug-likeness (QED) is 0.790. The number of aromatic nitrogens is 1. The number of anilines is 1. The van der Waals surface area contributed by atoms with Crippen LogP contribution in [0.4, 0.5) is 5.69 Å². The van der Waals surface area contributed by atoms with E-state index in [0.29, 0.717) is 36.8 Å². The second-order valence-electron chi connectivity index (χ2n) is 6.12. The van der Waals surface area contributed by atoms with Crippen molar-refractivity contribution in [2.24, 2.45) is 0 Å². The predicted octanol–water partition coefficient (Wildman–Crippen LogP) is 1.79. The first-order chi connectivity index (χ1) is 12.3. The van der Waals surface area contributed by atoms with Crippen LogP contribution in [0.1, 0.15) is 24.4 Å². The number of pyridine rings is 1. The summed E-state index contributed by atoms with van der Waals surface area (Å²) in [5, 5.41) is 2.93. The number of nitrogens with one attached hydrogen (secondary N) is 3. The van der Waals surface area contributed by atoms with Crippen molar-refractivity contribution in [1.82, 2.24) is 15.8 Å². The molecule has 0 aliphatic carbocycles. The third kappa shape index (κ3) is 3.57. The number of fused-ring (bicyclic) bond motifs is 1. The molecule has 130 valence electrons. The zero-order valence-electron chi connectivity index (χ0n) is 13.7. The fraction of sp³-hybridized carbons (Fsp3) is 0.333. The Balaban J connectivity index is 1.40. The van der Waals surface area contributed by atoms with E-state index < -0.39 is 0 Å². The average molecular weight is 340 g/mol. The first-order valence-electron chi connectivity index (χ1n) is 8.41. The Morgan fingerprint density at radius 1 is 1.16 bits per heavy atom. The maximum atomic E-state index is 12.5. The molecule has 2 aromatic rings. The van der Waals surface area contributed by atoms with Crippen LogP contribution in [0.5, 0.6) is 11.5 Å². The monoisotopic (exact) mass is 340 g/mol. The lowest BCUT2D eigenvalue weighted by atomic mass is 10.0. The zero-order chi connectivity index (χ0) is 17.1. The van der Waals surface area contributed by atoms with Crippen LogP contribution in [-0.4, -0.2) is 30.1 Å². The molecule has 1 aromatic carbocycles. The standard InChI is InChI=1S/C18H20N4O3/c23-18(15-10-14(21-22-15)12-3-1-6-19-11-12)20-13-4-5-16-17(9-13)25-8-2-7-24-16/h1,3-6,9,11,14-15,21-22H,2,7-8,10H2,(H,20,23).